The predicted molar refractivity (Wildman–Crippen MR) is 55.7 cm³/mol. The van der Waals surface area contributed by atoms with Gasteiger partial charge in [-0.1, -0.05) is 6.07 Å². The summed E-state index contributed by atoms with van der Waals surface area (Å²) in [6.45, 7) is 5.59. The zero-order valence-electron chi connectivity index (χ0n) is 8.11. The van der Waals surface area contributed by atoms with Gasteiger partial charge in [0.25, 0.3) is 0 Å². The number of benzene rings is 1. The molecule has 0 aliphatic heterocycles. The van der Waals surface area contributed by atoms with Crippen LogP contribution in [0.15, 0.2) is 42.5 Å². The van der Waals surface area contributed by atoms with Crippen LogP contribution in [0.2, 0.25) is 0 Å². The second-order valence-corrected chi connectivity index (χ2v) is 3.12. The molecule has 0 saturated carbocycles. The minimum Gasteiger partial charge on any atom is -0.257 e. The normalized spacial score (nSPS) is 9.40. The van der Waals surface area contributed by atoms with Crippen LogP contribution in [0.4, 0.5) is 0 Å². The molecule has 0 saturated heterocycles. The zero-order chi connectivity index (χ0) is 9.80. The van der Waals surface area contributed by atoms with E-state index in [1.807, 2.05) is 36.4 Å². The van der Waals surface area contributed by atoms with Gasteiger partial charge in [-0.15, -0.1) is 0 Å². The van der Waals surface area contributed by atoms with Crippen LogP contribution in [0.3, 0.4) is 0 Å². The van der Waals surface area contributed by atoms with E-state index >= 15 is 0 Å². The molecular weight excluding hydrogens is 229 g/mol. The van der Waals surface area contributed by atoms with E-state index in [0.717, 1.165) is 17.7 Å². The molecule has 2 aromatic rings. The molecule has 0 N–H and O–H groups in total. The fraction of sp³-hybridized carbons (Fsp3) is 0.0769. The molecule has 0 bridgehead atoms. The maximum absolute atomic E-state index is 5.59. The third kappa shape index (κ3) is 3.50. The third-order valence-electron chi connectivity index (χ3n) is 1.97. The molecule has 77 valence electrons. The van der Waals surface area contributed by atoms with Gasteiger partial charge in [0.15, 0.2) is 0 Å². The maximum Gasteiger partial charge on any atom is 0.0451 e. The zero-order valence-corrected chi connectivity index (χ0v) is 9.15. The topological polar surface area (TPSA) is 12.9 Å². The first-order valence-corrected chi connectivity index (χ1v) is 4.51. The van der Waals surface area contributed by atoms with E-state index in [-0.39, 0.29) is 16.8 Å². The largest absolute Gasteiger partial charge is 0.257 e. The van der Waals surface area contributed by atoms with Crippen molar-refractivity contribution in [2.75, 3.05) is 0 Å². The molecule has 1 heterocycles. The Balaban J connectivity index is 0.00000112. The molecule has 0 amide bonds. The molecule has 0 aliphatic rings. The minimum atomic E-state index is 0. The Morgan fingerprint density at radius 2 is 2.00 bits per heavy atom. The molecule has 0 spiro atoms. The summed E-state index contributed by atoms with van der Waals surface area (Å²) < 4.78 is 0. The Labute approximate surface area is 101 Å². The van der Waals surface area contributed by atoms with Crippen LogP contribution in [0.1, 0.15) is 17.0 Å². The van der Waals surface area contributed by atoms with Crippen LogP contribution >= 0.6 is 0 Å². The maximum atomic E-state index is 5.59. The second-order valence-electron chi connectivity index (χ2n) is 3.12. The molecule has 0 unspecified atom stereocenters. The Hall–Kier alpha value is -1.12. The van der Waals surface area contributed by atoms with Crippen molar-refractivity contribution in [1.29, 1.82) is 0 Å². The number of hydrogen-bond donors (Lipinski definition) is 0. The smallest absolute Gasteiger partial charge is 0.0451 e. The Bertz CT molecular complexity index is 412. The summed E-state index contributed by atoms with van der Waals surface area (Å²) in [5, 5.41) is 0. The van der Waals surface area contributed by atoms with Crippen LogP contribution in [0.25, 0.3) is 0 Å². The van der Waals surface area contributed by atoms with Gasteiger partial charge in [0.1, 0.15) is 0 Å². The molecule has 15 heavy (non-hydrogen) atoms. The van der Waals surface area contributed by atoms with Gasteiger partial charge in [0, 0.05) is 35.1 Å². The van der Waals surface area contributed by atoms with Gasteiger partial charge >= 0.3 is 0 Å². The molecule has 0 atom stereocenters. The molecular formula is C13H10CoN-. The first-order chi connectivity index (χ1) is 6.84. The van der Waals surface area contributed by atoms with Crippen molar-refractivity contribution >= 4 is 0 Å². The van der Waals surface area contributed by atoms with Gasteiger partial charge in [-0.2, -0.15) is 35.9 Å². The summed E-state index contributed by atoms with van der Waals surface area (Å²) in [4.78, 5) is 4.23. The minimum absolute atomic E-state index is 0. The van der Waals surface area contributed by atoms with Gasteiger partial charge < -0.3 is 0 Å². The van der Waals surface area contributed by atoms with E-state index in [9.17, 15) is 0 Å². The monoisotopic (exact) mass is 239 g/mol. The Kier molecular flexibility index (Phi) is 4.53. The molecule has 2 rings (SSSR count). The fourth-order valence-electron chi connectivity index (χ4n) is 1.33. The summed E-state index contributed by atoms with van der Waals surface area (Å²) in [5.41, 5.74) is 2.68. The summed E-state index contributed by atoms with van der Waals surface area (Å²) in [5.74, 6) is 0. The molecule has 0 fully saturated rings. The summed E-state index contributed by atoms with van der Waals surface area (Å²) in [6.07, 6.45) is 0.784. The van der Waals surface area contributed by atoms with E-state index in [2.05, 4.69) is 11.1 Å². The SMILES string of the molecule is [CH]c1cccc(Cc2[c-]cccc2)n1.[Co]. The first-order valence-electron chi connectivity index (χ1n) is 4.51. The summed E-state index contributed by atoms with van der Waals surface area (Å²) >= 11 is 0. The van der Waals surface area contributed by atoms with Crippen molar-refractivity contribution in [3.05, 3.63) is 72.4 Å². The first kappa shape index (κ1) is 11.9. The van der Waals surface area contributed by atoms with Gasteiger partial charge in [0.05, 0.1) is 0 Å². The number of aromatic nitrogens is 1. The van der Waals surface area contributed by atoms with Crippen LogP contribution in [-0.2, 0) is 23.2 Å². The predicted octanol–water partition coefficient (Wildman–Crippen LogP) is 2.53. The average molecular weight is 239 g/mol. The number of nitrogens with zero attached hydrogens (tertiary/aromatic N) is 1. The molecule has 3 radical (unpaired) electrons. The quantitative estimate of drug-likeness (QED) is 0.734. The molecule has 2 heteroatoms. The van der Waals surface area contributed by atoms with Gasteiger partial charge in [-0.3, -0.25) is 4.98 Å². The Morgan fingerprint density at radius 1 is 1.13 bits per heavy atom. The van der Waals surface area contributed by atoms with Crippen LogP contribution in [0, 0.1) is 13.0 Å². The number of hydrogen-bond acceptors (Lipinski definition) is 1. The van der Waals surface area contributed by atoms with Crippen molar-refractivity contribution in [3.63, 3.8) is 0 Å². The van der Waals surface area contributed by atoms with Crippen LogP contribution in [-0.4, -0.2) is 4.98 Å². The second kappa shape index (κ2) is 5.68. The molecule has 1 nitrogen and oxygen atoms in total. The average Bonchev–Trinajstić information content (AvgIpc) is 2.19. The van der Waals surface area contributed by atoms with Crippen molar-refractivity contribution in [1.82, 2.24) is 4.98 Å². The Morgan fingerprint density at radius 3 is 2.67 bits per heavy atom. The van der Waals surface area contributed by atoms with Gasteiger partial charge in [-0.25, -0.2) is 0 Å². The van der Waals surface area contributed by atoms with E-state index < -0.39 is 0 Å². The number of pyridine rings is 1. The molecule has 1 aromatic heterocycles. The summed E-state index contributed by atoms with van der Waals surface area (Å²) in [6, 6.07) is 16.7. The van der Waals surface area contributed by atoms with Crippen LogP contribution in [0.5, 0.6) is 0 Å². The van der Waals surface area contributed by atoms with E-state index in [0.29, 0.717) is 5.69 Å². The van der Waals surface area contributed by atoms with Crippen molar-refractivity contribution in [2.24, 2.45) is 0 Å². The van der Waals surface area contributed by atoms with Crippen LogP contribution < -0.4 is 0 Å². The van der Waals surface area contributed by atoms with E-state index in [4.69, 9.17) is 6.92 Å². The standard InChI is InChI=1S/C13H10N.Co/c1-11-6-5-9-13(14-11)10-12-7-3-2-4-8-12;/h1-7,9H,10H2;/q-1;. The number of rotatable bonds is 2. The molecule has 0 aliphatic carbocycles. The van der Waals surface area contributed by atoms with Gasteiger partial charge in [0.2, 0.25) is 0 Å². The van der Waals surface area contributed by atoms with Crippen molar-refractivity contribution in [3.8, 4) is 0 Å². The van der Waals surface area contributed by atoms with Crippen molar-refractivity contribution in [2.45, 2.75) is 6.42 Å². The van der Waals surface area contributed by atoms with E-state index in [1.165, 1.54) is 0 Å². The summed E-state index contributed by atoms with van der Waals surface area (Å²) in [7, 11) is 0. The van der Waals surface area contributed by atoms with Gasteiger partial charge in [-0.05, 0) is 18.6 Å². The fourth-order valence-corrected chi connectivity index (χ4v) is 1.33. The van der Waals surface area contributed by atoms with Crippen molar-refractivity contribution < 1.29 is 16.8 Å². The molecule has 1 aromatic carbocycles. The third-order valence-corrected chi connectivity index (χ3v) is 1.97. The van der Waals surface area contributed by atoms with E-state index in [1.54, 1.807) is 6.07 Å².